The average Bonchev–Trinajstić information content (AvgIpc) is 3.29. The van der Waals surface area contributed by atoms with Crippen LogP contribution in [0.1, 0.15) is 17.2 Å². The highest BCUT2D eigenvalue weighted by atomic mass is 16.4. The summed E-state index contributed by atoms with van der Waals surface area (Å²) >= 11 is 0. The minimum Gasteiger partial charge on any atom is -0.479 e. The fourth-order valence-corrected chi connectivity index (χ4v) is 3.23. The maximum absolute atomic E-state index is 12.4. The van der Waals surface area contributed by atoms with Crippen molar-refractivity contribution in [3.8, 4) is 16.9 Å². The van der Waals surface area contributed by atoms with E-state index in [4.69, 9.17) is 0 Å². The lowest BCUT2D eigenvalue weighted by atomic mass is 10.0. The van der Waals surface area contributed by atoms with Gasteiger partial charge in [-0.2, -0.15) is 5.10 Å². The largest absolute Gasteiger partial charge is 0.479 e. The lowest BCUT2D eigenvalue weighted by Crippen LogP contribution is -2.34. The van der Waals surface area contributed by atoms with Crippen molar-refractivity contribution in [3.05, 3.63) is 103 Å². The molecule has 1 amide bonds. The number of aromatic nitrogens is 3. The first-order valence-electron chi connectivity index (χ1n) is 9.72. The van der Waals surface area contributed by atoms with Gasteiger partial charge in [-0.15, -0.1) is 0 Å². The van der Waals surface area contributed by atoms with Crippen molar-refractivity contribution in [2.75, 3.05) is 0 Å². The van der Waals surface area contributed by atoms with E-state index in [1.165, 1.54) is 0 Å². The summed E-state index contributed by atoms with van der Waals surface area (Å²) in [4.78, 5) is 28.3. The third-order valence-corrected chi connectivity index (χ3v) is 4.80. The molecule has 7 nitrogen and oxygen atoms in total. The second-order valence-corrected chi connectivity index (χ2v) is 6.98. The molecule has 2 heterocycles. The zero-order chi connectivity index (χ0) is 21.6. The summed E-state index contributed by atoms with van der Waals surface area (Å²) in [6, 6.07) is 20.7. The maximum atomic E-state index is 12.4. The van der Waals surface area contributed by atoms with Gasteiger partial charge in [0.1, 0.15) is 0 Å². The number of hydrogen-bond acceptors (Lipinski definition) is 4. The Morgan fingerprint density at radius 1 is 0.935 bits per heavy atom. The van der Waals surface area contributed by atoms with Gasteiger partial charge in [0.25, 0.3) is 0 Å². The predicted octanol–water partition coefficient (Wildman–Crippen LogP) is 3.42. The van der Waals surface area contributed by atoms with E-state index in [2.05, 4.69) is 15.4 Å². The summed E-state index contributed by atoms with van der Waals surface area (Å²) in [5.74, 6) is -0.722. The van der Waals surface area contributed by atoms with Crippen molar-refractivity contribution < 1.29 is 14.7 Å². The summed E-state index contributed by atoms with van der Waals surface area (Å²) in [6.07, 6.45) is 5.45. The highest BCUT2D eigenvalue weighted by Crippen LogP contribution is 2.21. The standard InChI is InChI=1S/C24H20N4O3/c29-22(27-23(24(30)31)19-6-2-1-3-7-19)14-17-9-11-18(12-10-17)20-15-26-28(16-20)21-8-4-5-13-25-21/h1-13,15-16,23H,14H2,(H,27,29)(H,30,31). The van der Waals surface area contributed by atoms with Crippen molar-refractivity contribution in [1.29, 1.82) is 0 Å². The smallest absolute Gasteiger partial charge is 0.330 e. The van der Waals surface area contributed by atoms with Crippen LogP contribution in [0.5, 0.6) is 0 Å². The summed E-state index contributed by atoms with van der Waals surface area (Å²) < 4.78 is 1.70. The molecule has 4 rings (SSSR count). The van der Waals surface area contributed by atoms with Gasteiger partial charge in [-0.25, -0.2) is 14.5 Å². The highest BCUT2D eigenvalue weighted by molar-refractivity contribution is 5.85. The first kappa shape index (κ1) is 20.0. The Bertz CT molecular complexity index is 1170. The number of pyridine rings is 1. The molecule has 2 aromatic heterocycles. The van der Waals surface area contributed by atoms with Gasteiger partial charge >= 0.3 is 5.97 Å². The third-order valence-electron chi connectivity index (χ3n) is 4.80. The lowest BCUT2D eigenvalue weighted by molar-refractivity contribution is -0.141. The van der Waals surface area contributed by atoms with Crippen molar-refractivity contribution >= 4 is 11.9 Å². The minimum atomic E-state index is -1.10. The minimum absolute atomic E-state index is 0.0874. The van der Waals surface area contributed by atoms with Crippen LogP contribution in [0.3, 0.4) is 0 Å². The first-order chi connectivity index (χ1) is 15.1. The van der Waals surface area contributed by atoms with Crippen LogP contribution in [-0.2, 0) is 16.0 Å². The molecule has 7 heteroatoms. The number of carboxylic acids is 1. The van der Waals surface area contributed by atoms with E-state index < -0.39 is 12.0 Å². The average molecular weight is 412 g/mol. The quantitative estimate of drug-likeness (QED) is 0.485. The van der Waals surface area contributed by atoms with Crippen LogP contribution in [0.2, 0.25) is 0 Å². The topological polar surface area (TPSA) is 97.1 Å². The number of benzene rings is 2. The number of carbonyl (C=O) groups excluding carboxylic acids is 1. The molecule has 0 saturated carbocycles. The summed E-state index contributed by atoms with van der Waals surface area (Å²) in [5, 5.41) is 16.4. The summed E-state index contributed by atoms with van der Waals surface area (Å²) in [7, 11) is 0. The second-order valence-electron chi connectivity index (χ2n) is 6.98. The van der Waals surface area contributed by atoms with Crippen LogP contribution in [0.15, 0.2) is 91.4 Å². The van der Waals surface area contributed by atoms with Crippen molar-refractivity contribution in [3.63, 3.8) is 0 Å². The molecule has 0 saturated heterocycles. The van der Waals surface area contributed by atoms with Gasteiger partial charge in [-0.3, -0.25) is 4.79 Å². The van der Waals surface area contributed by atoms with Crippen LogP contribution in [0.25, 0.3) is 16.9 Å². The number of carboxylic acid groups (broad SMARTS) is 1. The van der Waals surface area contributed by atoms with Gasteiger partial charge in [0, 0.05) is 18.0 Å². The van der Waals surface area contributed by atoms with Crippen LogP contribution >= 0.6 is 0 Å². The van der Waals surface area contributed by atoms with E-state index in [0.29, 0.717) is 5.56 Å². The Balaban J connectivity index is 1.42. The predicted molar refractivity (Wildman–Crippen MR) is 115 cm³/mol. The normalized spacial score (nSPS) is 11.6. The van der Waals surface area contributed by atoms with E-state index in [1.54, 1.807) is 47.4 Å². The maximum Gasteiger partial charge on any atom is 0.330 e. The molecule has 0 aliphatic heterocycles. The number of amides is 1. The molecular weight excluding hydrogens is 392 g/mol. The number of hydrogen-bond donors (Lipinski definition) is 2. The number of aliphatic carboxylic acids is 1. The summed E-state index contributed by atoms with van der Waals surface area (Å²) in [5.41, 5.74) is 3.20. The van der Waals surface area contributed by atoms with E-state index >= 15 is 0 Å². The van der Waals surface area contributed by atoms with Gasteiger partial charge in [0.2, 0.25) is 5.91 Å². The number of nitrogens with one attached hydrogen (secondary N) is 1. The Labute approximate surface area is 179 Å². The van der Waals surface area contributed by atoms with Gasteiger partial charge in [-0.1, -0.05) is 60.7 Å². The Kier molecular flexibility index (Phi) is 5.84. The number of carbonyl (C=O) groups is 2. The molecule has 2 N–H and O–H groups in total. The zero-order valence-corrected chi connectivity index (χ0v) is 16.6. The van der Waals surface area contributed by atoms with Crippen LogP contribution in [-0.4, -0.2) is 31.7 Å². The zero-order valence-electron chi connectivity index (χ0n) is 16.6. The van der Waals surface area contributed by atoms with Crippen molar-refractivity contribution in [2.24, 2.45) is 0 Å². The fourth-order valence-electron chi connectivity index (χ4n) is 3.23. The van der Waals surface area contributed by atoms with Gasteiger partial charge in [0.15, 0.2) is 11.9 Å². The van der Waals surface area contributed by atoms with E-state index in [9.17, 15) is 14.7 Å². The SMILES string of the molecule is O=C(Cc1ccc(-c2cnn(-c3ccccn3)c2)cc1)NC(C(=O)O)c1ccccc1. The Hall–Kier alpha value is -4.26. The summed E-state index contributed by atoms with van der Waals surface area (Å²) in [6.45, 7) is 0. The molecule has 2 aromatic carbocycles. The Morgan fingerprint density at radius 2 is 1.68 bits per heavy atom. The molecule has 31 heavy (non-hydrogen) atoms. The molecule has 1 unspecified atom stereocenters. The van der Waals surface area contributed by atoms with Gasteiger partial charge < -0.3 is 10.4 Å². The van der Waals surface area contributed by atoms with Crippen molar-refractivity contribution in [2.45, 2.75) is 12.5 Å². The van der Waals surface area contributed by atoms with Gasteiger partial charge in [0.05, 0.1) is 12.6 Å². The van der Waals surface area contributed by atoms with Gasteiger partial charge in [-0.05, 0) is 28.8 Å². The van der Waals surface area contributed by atoms with E-state index in [1.807, 2.05) is 48.7 Å². The molecule has 0 fully saturated rings. The highest BCUT2D eigenvalue weighted by Gasteiger charge is 2.21. The van der Waals surface area contributed by atoms with Crippen LogP contribution in [0, 0.1) is 0 Å². The Morgan fingerprint density at radius 3 is 2.35 bits per heavy atom. The number of nitrogens with zero attached hydrogens (tertiary/aromatic N) is 3. The van der Waals surface area contributed by atoms with Crippen LogP contribution in [0.4, 0.5) is 0 Å². The molecule has 0 radical (unpaired) electrons. The number of rotatable bonds is 7. The molecule has 4 aromatic rings. The monoisotopic (exact) mass is 412 g/mol. The van der Waals surface area contributed by atoms with Crippen molar-refractivity contribution in [1.82, 2.24) is 20.1 Å². The lowest BCUT2D eigenvalue weighted by Gasteiger charge is -2.15. The molecule has 0 aliphatic carbocycles. The molecule has 0 spiro atoms. The molecule has 154 valence electrons. The van der Waals surface area contributed by atoms with E-state index in [0.717, 1.165) is 22.5 Å². The molecule has 0 bridgehead atoms. The third kappa shape index (κ3) is 4.84. The first-order valence-corrected chi connectivity index (χ1v) is 9.72. The molecule has 1 atom stereocenters. The fraction of sp³-hybridized carbons (Fsp3) is 0.0833. The van der Waals surface area contributed by atoms with E-state index in [-0.39, 0.29) is 12.3 Å². The molecule has 0 aliphatic rings. The van der Waals surface area contributed by atoms with Crippen LogP contribution < -0.4 is 5.32 Å². The second kappa shape index (κ2) is 9.04. The molecular formula is C24H20N4O3.